The molecule has 0 amide bonds. The van der Waals surface area contributed by atoms with Crippen molar-refractivity contribution in [2.75, 3.05) is 5.73 Å². The first-order chi connectivity index (χ1) is 13.9. The second-order valence-electron chi connectivity index (χ2n) is 6.70. The molecule has 1 atom stereocenters. The fourth-order valence-corrected chi connectivity index (χ4v) is 3.29. The molecule has 1 aromatic carbocycles. The van der Waals surface area contributed by atoms with E-state index in [1.54, 1.807) is 24.7 Å². The third-order valence-corrected chi connectivity index (χ3v) is 4.66. The third-order valence-electron chi connectivity index (χ3n) is 4.66. The molecule has 148 valence electrons. The van der Waals surface area contributed by atoms with Gasteiger partial charge in [0.25, 0.3) is 0 Å². The highest BCUT2D eigenvalue weighted by Gasteiger charge is 2.19. The number of nitrogens with zero attached hydrogens (tertiary/aromatic N) is 5. The van der Waals surface area contributed by atoms with Crippen molar-refractivity contribution in [3.63, 3.8) is 0 Å². The Morgan fingerprint density at radius 2 is 1.93 bits per heavy atom. The van der Waals surface area contributed by atoms with Gasteiger partial charge in [-0.25, -0.2) is 9.37 Å². The van der Waals surface area contributed by atoms with Crippen LogP contribution in [0, 0.1) is 19.7 Å². The lowest BCUT2D eigenvalue weighted by atomic mass is 10.1. The van der Waals surface area contributed by atoms with E-state index < -0.39 is 6.10 Å². The summed E-state index contributed by atoms with van der Waals surface area (Å²) in [5, 5.41) is 15.4. The van der Waals surface area contributed by atoms with Gasteiger partial charge in [-0.1, -0.05) is 0 Å². The van der Waals surface area contributed by atoms with Crippen LogP contribution in [0.4, 0.5) is 10.2 Å². The molecule has 3 heterocycles. The number of benzene rings is 1. The monoisotopic (exact) mass is 393 g/mol. The number of aromatic amines is 1. The zero-order valence-corrected chi connectivity index (χ0v) is 16.2. The number of nitrogens with one attached hydrogen (secondary N) is 1. The van der Waals surface area contributed by atoms with E-state index in [9.17, 15) is 4.39 Å². The molecular weight excluding hydrogens is 373 g/mol. The minimum atomic E-state index is -0.530. The summed E-state index contributed by atoms with van der Waals surface area (Å²) in [4.78, 5) is 5.68. The molecule has 9 heteroatoms. The van der Waals surface area contributed by atoms with Gasteiger partial charge < -0.3 is 10.5 Å². The summed E-state index contributed by atoms with van der Waals surface area (Å²) in [5.74, 6) is 0.268. The van der Waals surface area contributed by atoms with Crippen molar-refractivity contribution in [3.05, 3.63) is 65.6 Å². The number of halogens is 1. The van der Waals surface area contributed by atoms with Crippen LogP contribution in [0.2, 0.25) is 0 Å². The second-order valence-corrected chi connectivity index (χ2v) is 6.70. The van der Waals surface area contributed by atoms with Crippen molar-refractivity contribution in [2.45, 2.75) is 26.9 Å². The van der Waals surface area contributed by atoms with Crippen molar-refractivity contribution in [2.24, 2.45) is 0 Å². The fourth-order valence-electron chi connectivity index (χ4n) is 3.29. The summed E-state index contributed by atoms with van der Waals surface area (Å²) in [7, 11) is 0. The van der Waals surface area contributed by atoms with Gasteiger partial charge in [0.15, 0.2) is 11.6 Å². The predicted octanol–water partition coefficient (Wildman–Crippen LogP) is 3.53. The van der Waals surface area contributed by atoms with Gasteiger partial charge in [0.05, 0.1) is 23.8 Å². The van der Waals surface area contributed by atoms with Gasteiger partial charge in [-0.05, 0) is 45.0 Å². The molecule has 0 bridgehead atoms. The molecular formula is C20H20FN7O. The summed E-state index contributed by atoms with van der Waals surface area (Å²) in [6, 6.07) is 6.19. The fraction of sp³-hybridized carbons (Fsp3) is 0.200. The van der Waals surface area contributed by atoms with Crippen LogP contribution in [-0.2, 0) is 0 Å². The smallest absolute Gasteiger partial charge is 0.166 e. The number of pyridine rings is 1. The molecule has 3 aromatic heterocycles. The Labute approximate surface area is 166 Å². The quantitative estimate of drug-likeness (QED) is 0.537. The number of hydrogen-bond donors (Lipinski definition) is 2. The number of aromatic nitrogens is 6. The van der Waals surface area contributed by atoms with E-state index in [-0.39, 0.29) is 11.6 Å². The lowest BCUT2D eigenvalue weighted by Gasteiger charge is -2.19. The molecule has 0 radical (unpaired) electrons. The topological polar surface area (TPSA) is 108 Å². The Morgan fingerprint density at radius 3 is 2.62 bits per heavy atom. The molecule has 4 rings (SSSR count). The molecule has 0 fully saturated rings. The second kappa shape index (κ2) is 7.34. The lowest BCUT2D eigenvalue weighted by molar-refractivity contribution is 0.226. The predicted molar refractivity (Wildman–Crippen MR) is 106 cm³/mol. The Bertz CT molecular complexity index is 1130. The zero-order valence-electron chi connectivity index (χ0n) is 16.2. The van der Waals surface area contributed by atoms with Gasteiger partial charge in [0.1, 0.15) is 11.9 Å². The van der Waals surface area contributed by atoms with Gasteiger partial charge in [-0.15, -0.1) is 0 Å². The maximum Gasteiger partial charge on any atom is 0.166 e. The van der Waals surface area contributed by atoms with E-state index in [1.165, 1.54) is 16.9 Å². The van der Waals surface area contributed by atoms with Crippen molar-refractivity contribution in [1.29, 1.82) is 0 Å². The van der Waals surface area contributed by atoms with Gasteiger partial charge in [0.2, 0.25) is 0 Å². The van der Waals surface area contributed by atoms with Crippen LogP contribution in [0.1, 0.15) is 30.0 Å². The molecule has 0 aliphatic carbocycles. The number of aryl methyl sites for hydroxylation is 2. The van der Waals surface area contributed by atoms with E-state index in [0.29, 0.717) is 17.0 Å². The average molecular weight is 393 g/mol. The van der Waals surface area contributed by atoms with Crippen LogP contribution in [0.3, 0.4) is 0 Å². The average Bonchev–Trinajstić information content (AvgIpc) is 3.34. The number of hydrogen-bond acceptors (Lipinski definition) is 6. The minimum absolute atomic E-state index is 0.245. The standard InChI is InChI=1S/C20H20FN7O/c1-11-19(12(2)27-26-11)14-8-18(20(22)23-10-14)29-13(3)16-9-15(21)4-5-17(16)28-24-6-7-25-28/h4-10,13H,1-3H3,(H2,22,23)(H,26,27). The number of H-pyrrole nitrogens is 1. The van der Waals surface area contributed by atoms with Gasteiger partial charge >= 0.3 is 0 Å². The lowest BCUT2D eigenvalue weighted by Crippen LogP contribution is -2.11. The summed E-state index contributed by atoms with van der Waals surface area (Å²) in [6.07, 6.45) is 4.26. The Kier molecular flexibility index (Phi) is 4.71. The first-order valence-electron chi connectivity index (χ1n) is 9.04. The molecule has 0 spiro atoms. The van der Waals surface area contributed by atoms with Crippen LogP contribution in [0.15, 0.2) is 42.9 Å². The zero-order chi connectivity index (χ0) is 20.5. The molecule has 8 nitrogen and oxygen atoms in total. The molecule has 4 aromatic rings. The van der Waals surface area contributed by atoms with Crippen LogP contribution >= 0.6 is 0 Å². The molecule has 29 heavy (non-hydrogen) atoms. The highest BCUT2D eigenvalue weighted by Crippen LogP contribution is 2.34. The van der Waals surface area contributed by atoms with Crippen molar-refractivity contribution in [1.82, 2.24) is 30.2 Å². The van der Waals surface area contributed by atoms with E-state index in [0.717, 1.165) is 22.5 Å². The summed E-state index contributed by atoms with van der Waals surface area (Å²) >= 11 is 0. The van der Waals surface area contributed by atoms with Gasteiger partial charge in [-0.2, -0.15) is 20.1 Å². The highest BCUT2D eigenvalue weighted by atomic mass is 19.1. The van der Waals surface area contributed by atoms with Crippen LogP contribution in [-0.4, -0.2) is 30.2 Å². The molecule has 1 unspecified atom stereocenters. The first-order valence-corrected chi connectivity index (χ1v) is 9.04. The molecule has 0 aliphatic rings. The summed E-state index contributed by atoms with van der Waals surface area (Å²) in [5.41, 5.74) is 10.8. The number of ether oxygens (including phenoxy) is 1. The van der Waals surface area contributed by atoms with Gasteiger partial charge in [-0.3, -0.25) is 5.10 Å². The maximum absolute atomic E-state index is 14.0. The van der Waals surface area contributed by atoms with Crippen LogP contribution < -0.4 is 10.5 Å². The van der Waals surface area contributed by atoms with Gasteiger partial charge in [0, 0.05) is 28.6 Å². The summed E-state index contributed by atoms with van der Waals surface area (Å²) < 4.78 is 20.0. The number of rotatable bonds is 5. The largest absolute Gasteiger partial charge is 0.482 e. The number of nitrogen functional groups attached to an aromatic ring is 1. The van der Waals surface area contributed by atoms with Crippen LogP contribution in [0.5, 0.6) is 5.75 Å². The van der Waals surface area contributed by atoms with Crippen LogP contribution in [0.25, 0.3) is 16.8 Å². The van der Waals surface area contributed by atoms with E-state index >= 15 is 0 Å². The SMILES string of the molecule is Cc1n[nH]c(C)c1-c1cnc(N)c(OC(C)c2cc(F)ccc2-n2nccn2)c1. The molecule has 0 saturated carbocycles. The molecule has 0 saturated heterocycles. The van der Waals surface area contributed by atoms with E-state index in [2.05, 4.69) is 25.4 Å². The summed E-state index contributed by atoms with van der Waals surface area (Å²) in [6.45, 7) is 5.65. The maximum atomic E-state index is 14.0. The Morgan fingerprint density at radius 1 is 1.17 bits per heavy atom. The minimum Gasteiger partial charge on any atom is -0.482 e. The number of nitrogens with two attached hydrogens (primary N) is 1. The number of anilines is 1. The van der Waals surface area contributed by atoms with E-state index in [4.69, 9.17) is 10.5 Å². The van der Waals surface area contributed by atoms with Crippen molar-refractivity contribution >= 4 is 5.82 Å². The van der Waals surface area contributed by atoms with E-state index in [1.807, 2.05) is 26.8 Å². The first kappa shape index (κ1) is 18.6. The Balaban J connectivity index is 1.70. The molecule has 0 aliphatic heterocycles. The third kappa shape index (κ3) is 3.54. The van der Waals surface area contributed by atoms with Crippen molar-refractivity contribution < 1.29 is 9.13 Å². The normalized spacial score (nSPS) is 12.1. The Hall–Kier alpha value is -3.75. The highest BCUT2D eigenvalue weighted by molar-refractivity contribution is 5.70. The molecule has 3 N–H and O–H groups in total. The van der Waals surface area contributed by atoms with Crippen molar-refractivity contribution in [3.8, 4) is 22.6 Å².